The van der Waals surface area contributed by atoms with Crippen LogP contribution in [0.1, 0.15) is 0 Å². The first-order valence-corrected chi connectivity index (χ1v) is 5.77. The number of morpholine rings is 1. The van der Waals surface area contributed by atoms with Gasteiger partial charge in [-0.15, -0.1) is 0 Å². The summed E-state index contributed by atoms with van der Waals surface area (Å²) >= 11 is 3.57. The second-order valence-corrected chi connectivity index (χ2v) is 4.19. The maximum atomic E-state index is 5.33. The highest BCUT2D eigenvalue weighted by molar-refractivity contribution is 9.10. The summed E-state index contributed by atoms with van der Waals surface area (Å²) in [4.78, 5) is 2.30. The van der Waals surface area contributed by atoms with Gasteiger partial charge in [-0.05, 0) is 28.1 Å². The van der Waals surface area contributed by atoms with Gasteiger partial charge in [0.2, 0.25) is 0 Å². The van der Waals surface area contributed by atoms with Gasteiger partial charge in [-0.3, -0.25) is 0 Å². The molecule has 0 spiro atoms. The van der Waals surface area contributed by atoms with E-state index in [4.69, 9.17) is 9.47 Å². The zero-order valence-corrected chi connectivity index (χ0v) is 10.3. The Hall–Kier alpha value is -0.740. The summed E-state index contributed by atoms with van der Waals surface area (Å²) in [5.41, 5.74) is 1.18. The lowest BCUT2D eigenvalue weighted by atomic mass is 10.2. The standard InChI is InChI=1S/C11H14BrNO2/c1-14-10-4-2-3-9(11(10)12)13-5-7-15-8-6-13/h2-4H,5-8H2,1H3. The SMILES string of the molecule is COc1cccc(N2CCOCC2)c1Br. The van der Waals surface area contributed by atoms with Gasteiger partial charge < -0.3 is 14.4 Å². The molecule has 0 unspecified atom stereocenters. The fourth-order valence-corrected chi connectivity index (χ4v) is 2.38. The quantitative estimate of drug-likeness (QED) is 0.824. The van der Waals surface area contributed by atoms with Crippen LogP contribution in [0.4, 0.5) is 5.69 Å². The molecule has 2 rings (SSSR count). The molecule has 1 aliphatic rings. The fourth-order valence-electron chi connectivity index (χ4n) is 1.71. The third kappa shape index (κ3) is 2.26. The maximum absolute atomic E-state index is 5.33. The molecule has 1 fully saturated rings. The average Bonchev–Trinajstić information content (AvgIpc) is 2.30. The lowest BCUT2D eigenvalue weighted by Gasteiger charge is -2.30. The molecule has 1 aliphatic heterocycles. The van der Waals surface area contributed by atoms with Gasteiger partial charge in [0.1, 0.15) is 5.75 Å². The molecule has 4 heteroatoms. The molecule has 0 amide bonds. The van der Waals surface area contributed by atoms with Gasteiger partial charge in [-0.2, -0.15) is 0 Å². The summed E-state index contributed by atoms with van der Waals surface area (Å²) in [5.74, 6) is 0.874. The highest BCUT2D eigenvalue weighted by Crippen LogP contribution is 2.34. The minimum atomic E-state index is 0.795. The molecule has 0 atom stereocenters. The molecule has 1 aromatic rings. The predicted molar refractivity (Wildman–Crippen MR) is 63.7 cm³/mol. The third-order valence-electron chi connectivity index (χ3n) is 2.51. The van der Waals surface area contributed by atoms with Crippen LogP contribution in [0.2, 0.25) is 0 Å². The van der Waals surface area contributed by atoms with E-state index in [-0.39, 0.29) is 0 Å². The van der Waals surface area contributed by atoms with Crippen molar-refractivity contribution in [3.05, 3.63) is 22.7 Å². The largest absolute Gasteiger partial charge is 0.495 e. The van der Waals surface area contributed by atoms with Crippen molar-refractivity contribution in [2.24, 2.45) is 0 Å². The Morgan fingerprint density at radius 3 is 2.73 bits per heavy atom. The van der Waals surface area contributed by atoms with Gasteiger partial charge >= 0.3 is 0 Å². The van der Waals surface area contributed by atoms with Gasteiger partial charge in [0.25, 0.3) is 0 Å². The number of rotatable bonds is 2. The van der Waals surface area contributed by atoms with Crippen molar-refractivity contribution in [2.45, 2.75) is 0 Å². The number of anilines is 1. The minimum Gasteiger partial charge on any atom is -0.495 e. The first kappa shape index (κ1) is 10.8. The van der Waals surface area contributed by atoms with E-state index >= 15 is 0 Å². The van der Waals surface area contributed by atoms with E-state index in [1.807, 2.05) is 12.1 Å². The molecule has 3 nitrogen and oxygen atoms in total. The van der Waals surface area contributed by atoms with Gasteiger partial charge in [-0.1, -0.05) is 6.07 Å². The van der Waals surface area contributed by atoms with Crippen LogP contribution in [-0.2, 0) is 4.74 Å². The van der Waals surface area contributed by atoms with Crippen LogP contribution >= 0.6 is 15.9 Å². The molecule has 0 aliphatic carbocycles. The summed E-state index contributed by atoms with van der Waals surface area (Å²) in [6.07, 6.45) is 0. The number of nitrogens with zero attached hydrogens (tertiary/aromatic N) is 1. The number of ether oxygens (including phenoxy) is 2. The second kappa shape index (κ2) is 4.86. The molecule has 15 heavy (non-hydrogen) atoms. The van der Waals surface area contributed by atoms with E-state index in [1.54, 1.807) is 7.11 Å². The van der Waals surface area contributed by atoms with Crippen LogP contribution in [0.5, 0.6) is 5.75 Å². The average molecular weight is 272 g/mol. The Kier molecular flexibility index (Phi) is 3.49. The van der Waals surface area contributed by atoms with Crippen LogP contribution in [0.25, 0.3) is 0 Å². The molecular formula is C11H14BrNO2. The Labute approximate surface area is 98.1 Å². The smallest absolute Gasteiger partial charge is 0.135 e. The lowest BCUT2D eigenvalue weighted by Crippen LogP contribution is -2.36. The van der Waals surface area contributed by atoms with Gasteiger partial charge in [0.05, 0.1) is 30.5 Å². The second-order valence-electron chi connectivity index (χ2n) is 3.39. The number of halogens is 1. The molecule has 1 saturated heterocycles. The maximum Gasteiger partial charge on any atom is 0.135 e. The highest BCUT2D eigenvalue weighted by atomic mass is 79.9. The Morgan fingerprint density at radius 1 is 1.33 bits per heavy atom. The highest BCUT2D eigenvalue weighted by Gasteiger charge is 2.15. The van der Waals surface area contributed by atoms with Gasteiger partial charge in [0, 0.05) is 13.1 Å². The van der Waals surface area contributed by atoms with E-state index in [1.165, 1.54) is 5.69 Å². The lowest BCUT2D eigenvalue weighted by molar-refractivity contribution is 0.122. The van der Waals surface area contributed by atoms with Crippen molar-refractivity contribution in [3.8, 4) is 5.75 Å². The van der Waals surface area contributed by atoms with Crippen molar-refractivity contribution in [1.82, 2.24) is 0 Å². The zero-order valence-electron chi connectivity index (χ0n) is 8.70. The molecule has 0 bridgehead atoms. The predicted octanol–water partition coefficient (Wildman–Crippen LogP) is 2.29. The summed E-state index contributed by atoms with van der Waals surface area (Å²) in [7, 11) is 1.68. The normalized spacial score (nSPS) is 16.5. The van der Waals surface area contributed by atoms with Crippen molar-refractivity contribution >= 4 is 21.6 Å². The Bertz CT molecular complexity index is 337. The summed E-state index contributed by atoms with van der Waals surface area (Å²) in [6, 6.07) is 6.06. The zero-order chi connectivity index (χ0) is 10.7. The van der Waals surface area contributed by atoms with Crippen molar-refractivity contribution in [3.63, 3.8) is 0 Å². The fraction of sp³-hybridized carbons (Fsp3) is 0.455. The topological polar surface area (TPSA) is 21.7 Å². The number of methoxy groups -OCH3 is 1. The third-order valence-corrected chi connectivity index (χ3v) is 3.31. The Balaban J connectivity index is 2.26. The van der Waals surface area contributed by atoms with Gasteiger partial charge in [0.15, 0.2) is 0 Å². The summed E-state index contributed by atoms with van der Waals surface area (Å²) in [6.45, 7) is 3.46. The van der Waals surface area contributed by atoms with E-state index in [2.05, 4.69) is 26.9 Å². The first-order chi connectivity index (χ1) is 7.33. The molecule has 82 valence electrons. The number of benzene rings is 1. The van der Waals surface area contributed by atoms with Crippen LogP contribution < -0.4 is 9.64 Å². The molecule has 0 radical (unpaired) electrons. The Morgan fingerprint density at radius 2 is 2.07 bits per heavy atom. The minimum absolute atomic E-state index is 0.795. The van der Waals surface area contributed by atoms with Crippen LogP contribution in [0.15, 0.2) is 22.7 Å². The molecule has 0 N–H and O–H groups in total. The summed E-state index contributed by atoms with van der Waals surface area (Å²) < 4.78 is 11.6. The molecule has 1 aromatic carbocycles. The van der Waals surface area contributed by atoms with E-state index in [0.717, 1.165) is 36.5 Å². The molecule has 0 saturated carbocycles. The van der Waals surface area contributed by atoms with Crippen LogP contribution in [-0.4, -0.2) is 33.4 Å². The van der Waals surface area contributed by atoms with E-state index in [0.29, 0.717) is 0 Å². The van der Waals surface area contributed by atoms with Crippen molar-refractivity contribution in [1.29, 1.82) is 0 Å². The van der Waals surface area contributed by atoms with E-state index < -0.39 is 0 Å². The number of hydrogen-bond acceptors (Lipinski definition) is 3. The van der Waals surface area contributed by atoms with Gasteiger partial charge in [-0.25, -0.2) is 0 Å². The molecule has 1 heterocycles. The number of hydrogen-bond donors (Lipinski definition) is 0. The molecular weight excluding hydrogens is 258 g/mol. The summed E-state index contributed by atoms with van der Waals surface area (Å²) in [5, 5.41) is 0. The van der Waals surface area contributed by atoms with Crippen molar-refractivity contribution < 1.29 is 9.47 Å². The monoisotopic (exact) mass is 271 g/mol. The van der Waals surface area contributed by atoms with E-state index in [9.17, 15) is 0 Å². The first-order valence-electron chi connectivity index (χ1n) is 4.98. The van der Waals surface area contributed by atoms with Crippen LogP contribution in [0, 0.1) is 0 Å². The van der Waals surface area contributed by atoms with Crippen LogP contribution in [0.3, 0.4) is 0 Å². The van der Waals surface area contributed by atoms with Crippen molar-refractivity contribution in [2.75, 3.05) is 38.3 Å². The molecule has 0 aromatic heterocycles.